The molecule has 0 unspecified atom stereocenters. The molecular formula is C34H24Cl2F3N5O2S2. The molecule has 2 atom stereocenters. The second kappa shape index (κ2) is 13.1. The van der Waals surface area contributed by atoms with E-state index in [2.05, 4.69) is 21.0 Å². The third-order valence-corrected chi connectivity index (χ3v) is 10.5. The highest BCUT2D eigenvalue weighted by Crippen LogP contribution is 2.45. The molecule has 0 radical (unpaired) electrons. The predicted molar refractivity (Wildman–Crippen MR) is 184 cm³/mol. The van der Waals surface area contributed by atoms with Crippen LogP contribution in [0.1, 0.15) is 42.0 Å². The molecule has 4 heterocycles. The summed E-state index contributed by atoms with van der Waals surface area (Å²) in [6, 6.07) is 18.6. The van der Waals surface area contributed by atoms with Gasteiger partial charge in [0.15, 0.2) is 10.8 Å². The Labute approximate surface area is 290 Å². The van der Waals surface area contributed by atoms with Crippen LogP contribution in [0.3, 0.4) is 0 Å². The van der Waals surface area contributed by atoms with Crippen molar-refractivity contribution in [1.82, 2.24) is 20.0 Å². The van der Waals surface area contributed by atoms with Crippen LogP contribution in [0.4, 0.5) is 13.2 Å². The van der Waals surface area contributed by atoms with Gasteiger partial charge in [0.25, 0.3) is 11.5 Å². The molecule has 3 aromatic heterocycles. The van der Waals surface area contributed by atoms with E-state index >= 15 is 0 Å². The molecule has 5 aromatic rings. The fourth-order valence-electron chi connectivity index (χ4n) is 6.16. The molecule has 1 N–H and O–H groups in total. The van der Waals surface area contributed by atoms with Gasteiger partial charge in [-0.05, 0) is 83.8 Å². The molecule has 1 saturated carbocycles. The number of alkyl halides is 3. The van der Waals surface area contributed by atoms with Crippen LogP contribution < -0.4 is 5.56 Å². The fourth-order valence-corrected chi connectivity index (χ4v) is 7.88. The largest absolute Gasteiger partial charge is 0.417 e. The first kappa shape index (κ1) is 32.6. The van der Waals surface area contributed by atoms with Crippen molar-refractivity contribution in [2.45, 2.75) is 36.6 Å². The predicted octanol–water partition coefficient (Wildman–Crippen LogP) is 9.29. The number of halogens is 5. The van der Waals surface area contributed by atoms with Gasteiger partial charge >= 0.3 is 6.18 Å². The maximum atomic E-state index is 14.0. The number of rotatable bonds is 6. The SMILES string of the molecule is O=C(CSc1nc2nc(-c3cccs3)cc(C(F)(F)F)c2c(=O)[nH]1)N1N=C2/C(=C\c3cccc(Cl)c3)CCC[C@@H]2[C@H]1c1ccc(Cl)cc1. The van der Waals surface area contributed by atoms with Gasteiger partial charge in [-0.25, -0.2) is 15.0 Å². The molecule has 2 aliphatic rings. The molecule has 0 bridgehead atoms. The second-order valence-corrected chi connectivity index (χ2v) is 14.1. The number of carbonyl (C=O) groups excluding carboxylic acids is 1. The summed E-state index contributed by atoms with van der Waals surface area (Å²) in [5.41, 5.74) is 1.22. The molecular weight excluding hydrogens is 702 g/mol. The Morgan fingerprint density at radius 1 is 1.06 bits per heavy atom. The quantitative estimate of drug-likeness (QED) is 0.139. The number of aromatic amines is 1. The van der Waals surface area contributed by atoms with Gasteiger partial charge in [-0.1, -0.05) is 65.3 Å². The number of thioether (sulfide) groups is 1. The summed E-state index contributed by atoms with van der Waals surface area (Å²) in [5.74, 6) is -0.617. The number of carbonyl (C=O) groups is 1. The highest BCUT2D eigenvalue weighted by molar-refractivity contribution is 7.99. The number of nitrogens with one attached hydrogen (secondary N) is 1. The lowest BCUT2D eigenvalue weighted by Crippen LogP contribution is -2.33. The summed E-state index contributed by atoms with van der Waals surface area (Å²) < 4.78 is 42.1. The van der Waals surface area contributed by atoms with E-state index in [1.165, 1.54) is 16.3 Å². The van der Waals surface area contributed by atoms with Gasteiger partial charge < -0.3 is 4.98 Å². The molecule has 48 heavy (non-hydrogen) atoms. The number of hydrogen-bond donors (Lipinski definition) is 1. The van der Waals surface area contributed by atoms with E-state index in [-0.39, 0.29) is 34.1 Å². The highest BCUT2D eigenvalue weighted by Gasteiger charge is 2.43. The Kier molecular flexibility index (Phi) is 8.92. The molecule has 7 rings (SSSR count). The summed E-state index contributed by atoms with van der Waals surface area (Å²) in [4.78, 5) is 38.4. The third kappa shape index (κ3) is 6.54. The van der Waals surface area contributed by atoms with Gasteiger partial charge in [-0.3, -0.25) is 9.59 Å². The molecule has 0 spiro atoms. The number of benzene rings is 2. The summed E-state index contributed by atoms with van der Waals surface area (Å²) in [5, 5.41) is 8.56. The van der Waals surface area contributed by atoms with Crippen LogP contribution in [0.25, 0.3) is 27.7 Å². The topological polar surface area (TPSA) is 91.3 Å². The Morgan fingerprint density at radius 2 is 1.88 bits per heavy atom. The summed E-state index contributed by atoms with van der Waals surface area (Å²) >= 11 is 14.5. The Hall–Kier alpha value is -3.97. The zero-order valence-electron chi connectivity index (χ0n) is 24.8. The Morgan fingerprint density at radius 3 is 2.60 bits per heavy atom. The average Bonchev–Trinajstić information content (AvgIpc) is 3.73. The molecule has 1 fully saturated rings. The second-order valence-electron chi connectivity index (χ2n) is 11.3. The first-order valence-electron chi connectivity index (χ1n) is 14.9. The number of hydrazone groups is 1. The van der Waals surface area contributed by atoms with Crippen molar-refractivity contribution in [1.29, 1.82) is 0 Å². The summed E-state index contributed by atoms with van der Waals surface area (Å²) in [7, 11) is 0. The number of aromatic nitrogens is 3. The van der Waals surface area contributed by atoms with Gasteiger partial charge in [0.1, 0.15) is 0 Å². The molecule has 1 amide bonds. The van der Waals surface area contributed by atoms with Gasteiger partial charge in [0, 0.05) is 16.0 Å². The number of allylic oxidation sites excluding steroid dienone is 1. The van der Waals surface area contributed by atoms with Crippen LogP contribution >= 0.6 is 46.3 Å². The molecule has 2 aromatic carbocycles. The minimum atomic E-state index is -4.81. The number of H-pyrrole nitrogens is 1. The lowest BCUT2D eigenvalue weighted by Gasteiger charge is -2.29. The van der Waals surface area contributed by atoms with E-state index < -0.39 is 28.7 Å². The number of nitrogens with zero attached hydrogens (tertiary/aromatic N) is 4. The average molecular weight is 727 g/mol. The smallest absolute Gasteiger partial charge is 0.301 e. The third-order valence-electron chi connectivity index (χ3n) is 8.22. The fraction of sp³-hybridized carbons (Fsp3) is 0.206. The van der Waals surface area contributed by atoms with Crippen molar-refractivity contribution >= 4 is 75.0 Å². The zero-order valence-corrected chi connectivity index (χ0v) is 27.9. The summed E-state index contributed by atoms with van der Waals surface area (Å²) in [6.45, 7) is 0. The van der Waals surface area contributed by atoms with Crippen molar-refractivity contribution in [3.05, 3.63) is 115 Å². The lowest BCUT2D eigenvalue weighted by atomic mass is 9.77. The van der Waals surface area contributed by atoms with Crippen molar-refractivity contribution < 1.29 is 18.0 Å². The van der Waals surface area contributed by atoms with Crippen LogP contribution in [0.2, 0.25) is 10.0 Å². The van der Waals surface area contributed by atoms with Gasteiger partial charge in [-0.15, -0.1) is 11.3 Å². The maximum absolute atomic E-state index is 14.0. The monoisotopic (exact) mass is 725 g/mol. The molecule has 1 aliphatic carbocycles. The summed E-state index contributed by atoms with van der Waals surface area (Å²) in [6.07, 6.45) is -0.257. The van der Waals surface area contributed by atoms with Gasteiger partial charge in [0.2, 0.25) is 0 Å². The van der Waals surface area contributed by atoms with Crippen LogP contribution in [-0.2, 0) is 11.0 Å². The lowest BCUT2D eigenvalue weighted by molar-refractivity contribution is -0.136. The van der Waals surface area contributed by atoms with Crippen LogP contribution in [0.15, 0.2) is 92.7 Å². The van der Waals surface area contributed by atoms with Crippen molar-refractivity contribution in [3.8, 4) is 10.6 Å². The molecule has 244 valence electrons. The van der Waals surface area contributed by atoms with E-state index in [1.54, 1.807) is 35.7 Å². The Bertz CT molecular complexity index is 2150. The first-order valence-corrected chi connectivity index (χ1v) is 17.5. The zero-order chi connectivity index (χ0) is 33.6. The minimum Gasteiger partial charge on any atom is -0.301 e. The number of fused-ring (bicyclic) bond motifs is 2. The van der Waals surface area contributed by atoms with E-state index in [1.807, 2.05) is 30.3 Å². The van der Waals surface area contributed by atoms with Crippen LogP contribution in [0.5, 0.6) is 0 Å². The highest BCUT2D eigenvalue weighted by atomic mass is 35.5. The molecule has 0 saturated heterocycles. The number of amides is 1. The first-order chi connectivity index (χ1) is 23.0. The number of hydrogen-bond acceptors (Lipinski definition) is 7. The molecule has 1 aliphatic heterocycles. The standard InChI is InChI=1S/C34H24Cl2F3N5O2S2/c35-21-11-9-19(10-12-21)30-23-7-2-5-20(14-18-4-1-6-22(36)15-18)29(23)43-44(30)27(45)17-48-33-41-31-28(32(46)42-33)24(34(37,38)39)16-25(40-31)26-8-3-13-47-26/h1,3-4,6,8-16,23,30H,2,5,7,17H2,(H,40,41,42,46)/b20-14-/t23-,30+/m0/s1. The Balaban J connectivity index is 1.22. The van der Waals surface area contributed by atoms with E-state index in [0.29, 0.717) is 14.9 Å². The normalized spacial score (nSPS) is 18.7. The maximum Gasteiger partial charge on any atom is 0.417 e. The van der Waals surface area contributed by atoms with Crippen LogP contribution in [0, 0.1) is 5.92 Å². The number of pyridine rings is 1. The molecule has 14 heteroatoms. The minimum absolute atomic E-state index is 0.0290. The van der Waals surface area contributed by atoms with Gasteiger partial charge in [-0.2, -0.15) is 18.3 Å². The van der Waals surface area contributed by atoms with Crippen molar-refractivity contribution in [2.75, 3.05) is 5.75 Å². The van der Waals surface area contributed by atoms with Gasteiger partial charge in [0.05, 0.1) is 39.0 Å². The van der Waals surface area contributed by atoms with E-state index in [0.717, 1.165) is 59.5 Å². The molecule has 7 nitrogen and oxygen atoms in total. The number of thiophene rings is 1. The van der Waals surface area contributed by atoms with Crippen LogP contribution in [-0.4, -0.2) is 37.3 Å². The van der Waals surface area contributed by atoms with E-state index in [9.17, 15) is 22.8 Å². The van der Waals surface area contributed by atoms with Crippen molar-refractivity contribution in [3.63, 3.8) is 0 Å². The van der Waals surface area contributed by atoms with Crippen molar-refractivity contribution in [2.24, 2.45) is 11.0 Å². The van der Waals surface area contributed by atoms with E-state index in [4.69, 9.17) is 28.3 Å².